The summed E-state index contributed by atoms with van der Waals surface area (Å²) in [6.07, 6.45) is 4.57. The van der Waals surface area contributed by atoms with Gasteiger partial charge in [0, 0.05) is 57.8 Å². The molecule has 0 bridgehead atoms. The van der Waals surface area contributed by atoms with Gasteiger partial charge >= 0.3 is 5.69 Å². The van der Waals surface area contributed by atoms with Crippen LogP contribution in [-0.4, -0.2) is 44.1 Å². The Balaban J connectivity index is 1.45. The van der Waals surface area contributed by atoms with Crippen LogP contribution in [-0.2, 0) is 14.1 Å². The molecular weight excluding hydrogens is 360 g/mol. The standard InChI is InChI=1S/C20H22N4O4/c1-22-9-8-14-16(22)4-3-5-17(14)28-13-6-10-24(11-7-13)19(26)15-12-21-20(27)23(2)18(15)25/h3-5,8-9,12-13H,6-7,10-11H2,1-2H3,(H,21,27). The molecule has 0 saturated carbocycles. The second-order valence-electron chi connectivity index (χ2n) is 7.10. The van der Waals surface area contributed by atoms with Gasteiger partial charge in [-0.25, -0.2) is 4.79 Å². The van der Waals surface area contributed by atoms with Gasteiger partial charge in [0.15, 0.2) is 0 Å². The highest BCUT2D eigenvalue weighted by Crippen LogP contribution is 2.28. The summed E-state index contributed by atoms with van der Waals surface area (Å²) in [4.78, 5) is 40.4. The van der Waals surface area contributed by atoms with Crippen LogP contribution < -0.4 is 16.0 Å². The van der Waals surface area contributed by atoms with Crippen LogP contribution in [0.1, 0.15) is 23.2 Å². The molecule has 0 spiro atoms. The molecule has 0 aliphatic carbocycles. The second-order valence-corrected chi connectivity index (χ2v) is 7.10. The second kappa shape index (κ2) is 7.03. The van der Waals surface area contributed by atoms with Gasteiger partial charge in [-0.05, 0) is 18.2 Å². The Labute approximate surface area is 161 Å². The van der Waals surface area contributed by atoms with Crippen molar-refractivity contribution in [2.75, 3.05) is 13.1 Å². The summed E-state index contributed by atoms with van der Waals surface area (Å²) >= 11 is 0. The number of likely N-dealkylation sites (tertiary alicyclic amines) is 1. The van der Waals surface area contributed by atoms with Crippen molar-refractivity contribution in [2.24, 2.45) is 14.1 Å². The molecule has 28 heavy (non-hydrogen) atoms. The van der Waals surface area contributed by atoms with Crippen molar-refractivity contribution in [3.8, 4) is 5.75 Å². The summed E-state index contributed by atoms with van der Waals surface area (Å²) in [6, 6.07) is 8.02. The fourth-order valence-corrected chi connectivity index (χ4v) is 3.62. The summed E-state index contributed by atoms with van der Waals surface area (Å²) in [5.41, 5.74) is -0.0267. The van der Waals surface area contributed by atoms with Crippen LogP contribution in [0.2, 0.25) is 0 Å². The third-order valence-corrected chi connectivity index (χ3v) is 5.32. The van der Waals surface area contributed by atoms with E-state index in [2.05, 4.69) is 4.98 Å². The van der Waals surface area contributed by atoms with Gasteiger partial charge in [-0.3, -0.25) is 14.2 Å². The van der Waals surface area contributed by atoms with Crippen molar-refractivity contribution in [3.05, 3.63) is 63.1 Å². The number of amides is 1. The molecule has 1 aliphatic rings. The van der Waals surface area contributed by atoms with Crippen molar-refractivity contribution < 1.29 is 9.53 Å². The molecule has 8 nitrogen and oxygen atoms in total. The number of carbonyl (C=O) groups is 1. The minimum atomic E-state index is -0.581. The summed E-state index contributed by atoms with van der Waals surface area (Å²) in [5, 5.41) is 1.07. The van der Waals surface area contributed by atoms with E-state index in [9.17, 15) is 14.4 Å². The average molecular weight is 382 g/mol. The van der Waals surface area contributed by atoms with Crippen molar-refractivity contribution >= 4 is 16.8 Å². The third-order valence-electron chi connectivity index (χ3n) is 5.32. The van der Waals surface area contributed by atoms with E-state index in [1.807, 2.05) is 42.1 Å². The van der Waals surface area contributed by atoms with E-state index in [0.29, 0.717) is 25.9 Å². The number of carbonyl (C=O) groups excluding carboxylic acids is 1. The van der Waals surface area contributed by atoms with Crippen LogP contribution in [0.4, 0.5) is 0 Å². The number of aryl methyl sites for hydroxylation is 1. The maximum Gasteiger partial charge on any atom is 0.328 e. The lowest BCUT2D eigenvalue weighted by atomic mass is 10.1. The monoisotopic (exact) mass is 382 g/mol. The number of fused-ring (bicyclic) bond motifs is 1. The van der Waals surface area contributed by atoms with E-state index in [1.54, 1.807) is 4.90 Å². The number of aromatic nitrogens is 3. The molecule has 0 radical (unpaired) electrons. The van der Waals surface area contributed by atoms with E-state index < -0.39 is 11.2 Å². The zero-order chi connectivity index (χ0) is 19.8. The number of nitrogens with zero attached hydrogens (tertiary/aromatic N) is 3. The smallest absolute Gasteiger partial charge is 0.328 e. The number of benzene rings is 1. The van der Waals surface area contributed by atoms with Gasteiger partial charge in [-0.2, -0.15) is 0 Å². The Bertz CT molecular complexity index is 1150. The van der Waals surface area contributed by atoms with E-state index in [1.165, 1.54) is 13.2 Å². The number of nitrogens with one attached hydrogen (secondary N) is 1. The fourth-order valence-electron chi connectivity index (χ4n) is 3.62. The largest absolute Gasteiger partial charge is 0.490 e. The van der Waals surface area contributed by atoms with Crippen LogP contribution in [0.15, 0.2) is 46.2 Å². The average Bonchev–Trinajstić information content (AvgIpc) is 3.08. The van der Waals surface area contributed by atoms with Gasteiger partial charge in [0.1, 0.15) is 17.4 Å². The highest BCUT2D eigenvalue weighted by Gasteiger charge is 2.27. The van der Waals surface area contributed by atoms with Gasteiger partial charge in [0.05, 0.1) is 5.52 Å². The predicted octanol–water partition coefficient (Wildman–Crippen LogP) is 1.25. The molecular formula is C20H22N4O4. The van der Waals surface area contributed by atoms with Gasteiger partial charge in [0.25, 0.3) is 11.5 Å². The number of rotatable bonds is 3. The lowest BCUT2D eigenvalue weighted by Gasteiger charge is -2.32. The fraction of sp³-hybridized carbons (Fsp3) is 0.350. The molecule has 4 rings (SSSR count). The van der Waals surface area contributed by atoms with Crippen LogP contribution in [0.25, 0.3) is 10.9 Å². The minimum absolute atomic E-state index is 0.00766. The number of ether oxygens (including phenoxy) is 1. The summed E-state index contributed by atoms with van der Waals surface area (Å²) < 4.78 is 9.17. The Kier molecular flexibility index (Phi) is 4.54. The molecule has 2 aromatic heterocycles. The molecule has 8 heteroatoms. The van der Waals surface area contributed by atoms with Gasteiger partial charge < -0.3 is 19.2 Å². The lowest BCUT2D eigenvalue weighted by molar-refractivity contribution is 0.0595. The molecule has 1 fully saturated rings. The minimum Gasteiger partial charge on any atom is -0.490 e. The first kappa shape index (κ1) is 18.1. The summed E-state index contributed by atoms with van der Waals surface area (Å²) in [6.45, 7) is 0.993. The number of aromatic amines is 1. The van der Waals surface area contributed by atoms with Crippen molar-refractivity contribution in [2.45, 2.75) is 18.9 Å². The third kappa shape index (κ3) is 3.11. The van der Waals surface area contributed by atoms with Crippen LogP contribution in [0.3, 0.4) is 0 Å². The highest BCUT2D eigenvalue weighted by molar-refractivity contribution is 5.93. The van der Waals surface area contributed by atoms with Gasteiger partial charge in [-0.15, -0.1) is 0 Å². The van der Waals surface area contributed by atoms with Gasteiger partial charge in [0.2, 0.25) is 0 Å². The van der Waals surface area contributed by atoms with Crippen LogP contribution in [0, 0.1) is 0 Å². The lowest BCUT2D eigenvalue weighted by Crippen LogP contribution is -2.45. The molecule has 1 N–H and O–H groups in total. The first-order valence-electron chi connectivity index (χ1n) is 9.24. The zero-order valence-electron chi connectivity index (χ0n) is 15.8. The van der Waals surface area contributed by atoms with Crippen molar-refractivity contribution in [1.82, 2.24) is 19.0 Å². The molecule has 1 aliphatic heterocycles. The van der Waals surface area contributed by atoms with E-state index in [-0.39, 0.29) is 17.6 Å². The number of hydrogen-bond donors (Lipinski definition) is 1. The highest BCUT2D eigenvalue weighted by atomic mass is 16.5. The molecule has 1 aromatic carbocycles. The maximum absolute atomic E-state index is 12.7. The maximum atomic E-state index is 12.7. The van der Waals surface area contributed by atoms with Crippen LogP contribution in [0.5, 0.6) is 5.75 Å². The first-order valence-corrected chi connectivity index (χ1v) is 9.24. The van der Waals surface area contributed by atoms with Crippen LogP contribution >= 0.6 is 0 Å². The Morgan fingerprint density at radius 1 is 1.14 bits per heavy atom. The SMILES string of the molecule is Cn1c(=O)[nH]cc(C(=O)N2CCC(Oc3cccc4c3ccn4C)CC2)c1=O. The number of piperidine rings is 1. The van der Waals surface area contributed by atoms with E-state index in [0.717, 1.165) is 21.2 Å². The Morgan fingerprint density at radius 2 is 1.89 bits per heavy atom. The molecule has 1 saturated heterocycles. The molecule has 3 heterocycles. The van der Waals surface area contributed by atoms with Crippen molar-refractivity contribution in [3.63, 3.8) is 0 Å². The predicted molar refractivity (Wildman–Crippen MR) is 105 cm³/mol. The first-order chi connectivity index (χ1) is 13.5. The number of hydrogen-bond acceptors (Lipinski definition) is 4. The Morgan fingerprint density at radius 3 is 2.64 bits per heavy atom. The molecule has 0 unspecified atom stereocenters. The molecule has 146 valence electrons. The molecule has 0 atom stereocenters. The molecule has 1 amide bonds. The summed E-state index contributed by atoms with van der Waals surface area (Å²) in [7, 11) is 3.35. The normalized spacial score (nSPS) is 15.1. The van der Waals surface area contributed by atoms with Gasteiger partial charge in [-0.1, -0.05) is 6.07 Å². The summed E-state index contributed by atoms with van der Waals surface area (Å²) in [5.74, 6) is 0.484. The Hall–Kier alpha value is -3.29. The van der Waals surface area contributed by atoms with E-state index in [4.69, 9.17) is 4.74 Å². The zero-order valence-corrected chi connectivity index (χ0v) is 15.8. The van der Waals surface area contributed by atoms with E-state index >= 15 is 0 Å². The quantitative estimate of drug-likeness (QED) is 0.738. The molecule has 3 aromatic rings. The van der Waals surface area contributed by atoms with Crippen molar-refractivity contribution in [1.29, 1.82) is 0 Å². The number of H-pyrrole nitrogens is 1. The topological polar surface area (TPSA) is 89.3 Å².